The van der Waals surface area contributed by atoms with Crippen LogP contribution in [0.5, 0.6) is 17.2 Å². The lowest BCUT2D eigenvalue weighted by atomic mass is 9.96. The van der Waals surface area contributed by atoms with E-state index in [4.69, 9.17) is 81.9 Å². The molecule has 0 radical (unpaired) electrons. The Balaban J connectivity index is 0.000000152. The minimum absolute atomic E-state index is 0. The number of aromatic nitrogens is 10. The molecule has 0 bridgehead atoms. The zero-order valence-electron chi connectivity index (χ0n) is 60.5. The van der Waals surface area contributed by atoms with Crippen molar-refractivity contribution in [3.8, 4) is 50.6 Å². The Morgan fingerprint density at radius 2 is 0.861 bits per heavy atom. The predicted octanol–water partition coefficient (Wildman–Crippen LogP) is 14.2. The molecule has 3 fully saturated rings. The molecule has 11 heterocycles. The van der Waals surface area contributed by atoms with E-state index in [0.29, 0.717) is 86.1 Å². The normalized spacial score (nSPS) is 15.7. The molecule has 25 nitrogen and oxygen atoms in total. The van der Waals surface area contributed by atoms with Crippen LogP contribution in [-0.2, 0) is 33.2 Å². The van der Waals surface area contributed by atoms with E-state index < -0.39 is 0 Å². The highest BCUT2D eigenvalue weighted by atomic mass is 35.5. The number of halogens is 1. The molecular formula is C75H93ClN12O13. The number of nitrogen functional groups attached to an aromatic ring is 1. The largest absolute Gasteiger partial charge is 0.496 e. The number of rotatable bonds is 19. The topological polar surface area (TPSA) is 282 Å². The summed E-state index contributed by atoms with van der Waals surface area (Å²) < 4.78 is 71.5. The molecule has 3 atom stereocenters. The number of ether oxygens (including phenoxy) is 9. The molecule has 0 aliphatic carbocycles. The Morgan fingerprint density at radius 1 is 0.505 bits per heavy atom. The van der Waals surface area contributed by atoms with Gasteiger partial charge in [0.25, 0.3) is 0 Å². The molecule has 3 saturated heterocycles. The van der Waals surface area contributed by atoms with Gasteiger partial charge in [-0.1, -0.05) is 15.5 Å². The number of methoxy groups -OCH3 is 6. The Bertz CT molecular complexity index is 4470. The van der Waals surface area contributed by atoms with Crippen molar-refractivity contribution < 1.29 is 61.0 Å². The van der Waals surface area contributed by atoms with Crippen LogP contribution in [0.2, 0.25) is 0 Å². The number of pyridine rings is 3. The highest BCUT2D eigenvalue weighted by Crippen LogP contribution is 2.46. The molecule has 0 saturated carbocycles. The Morgan fingerprint density at radius 3 is 1.22 bits per heavy atom. The maximum atomic E-state index is 13.8. The summed E-state index contributed by atoms with van der Waals surface area (Å²) in [6.45, 7) is 23.5. The molecule has 3 aromatic carbocycles. The standard InChI is InChI=1S/C25H32N4O5.2C25H30N4O4.ClH/c1-14(13-31-4)29(25(30)17-6-8-33-9-7-17)24-18-11-22(32-5)19(10-21(18)27-12-20(24)26)23-15(2)28-34-16(23)3;2*1-14(13-30-4)29-24-18-11-22(31-5)19(23-15(2)28-33-16(23)3)10-20(18)26-12-21(24)27-25(29)17-6-8-32-9-7-17;/h10-12,14,17H,6-9,13,26H2,1-5H3;2*10-12,14,17H,6-9,13H2,1-5H3;1H/t3*14-;/m111./s1. The van der Waals surface area contributed by atoms with Crippen molar-refractivity contribution in [2.24, 2.45) is 5.92 Å². The highest BCUT2D eigenvalue weighted by Gasteiger charge is 2.35. The smallest absolute Gasteiger partial charge is 0.230 e. The van der Waals surface area contributed by atoms with Gasteiger partial charge in [-0.05, 0) is 137 Å². The lowest BCUT2D eigenvalue weighted by Gasteiger charge is -2.35. The van der Waals surface area contributed by atoms with Crippen molar-refractivity contribution in [3.63, 3.8) is 0 Å². The molecule has 0 unspecified atom stereocenters. The number of aryl methyl sites for hydroxylation is 6. The number of nitrogens with zero attached hydrogens (tertiary/aromatic N) is 11. The van der Waals surface area contributed by atoms with Crippen LogP contribution in [0.1, 0.15) is 129 Å². The summed E-state index contributed by atoms with van der Waals surface area (Å²) in [5.74, 6) is 7.08. The predicted molar refractivity (Wildman–Crippen MR) is 389 cm³/mol. The second kappa shape index (κ2) is 32.0. The number of carbonyl (C=O) groups is 1. The van der Waals surface area contributed by atoms with Crippen molar-refractivity contribution in [2.75, 3.05) is 113 Å². The van der Waals surface area contributed by atoms with Crippen LogP contribution in [0.25, 0.3) is 88.2 Å². The van der Waals surface area contributed by atoms with E-state index >= 15 is 0 Å². The lowest BCUT2D eigenvalue weighted by Crippen LogP contribution is -2.46. The fraction of sp³-hybridized carbons (Fsp3) is 0.480. The van der Waals surface area contributed by atoms with Crippen LogP contribution < -0.4 is 24.8 Å². The first kappa shape index (κ1) is 73.4. The fourth-order valence-electron chi connectivity index (χ4n) is 14.8. The van der Waals surface area contributed by atoms with E-state index in [1.54, 1.807) is 53.8 Å². The quantitative estimate of drug-likeness (QED) is 0.0787. The highest BCUT2D eigenvalue weighted by molar-refractivity contribution is 6.10. The van der Waals surface area contributed by atoms with Crippen LogP contribution in [0.3, 0.4) is 0 Å². The van der Waals surface area contributed by atoms with Gasteiger partial charge in [0.15, 0.2) is 0 Å². The van der Waals surface area contributed by atoms with E-state index in [1.165, 1.54) is 0 Å². The summed E-state index contributed by atoms with van der Waals surface area (Å²) >= 11 is 0. The number of imidazole rings is 2. The van der Waals surface area contributed by atoms with Gasteiger partial charge in [0, 0.05) is 112 Å². The van der Waals surface area contributed by atoms with Gasteiger partial charge in [-0.15, -0.1) is 12.4 Å². The summed E-state index contributed by atoms with van der Waals surface area (Å²) in [6, 6.07) is 12.1. The van der Waals surface area contributed by atoms with Gasteiger partial charge < -0.3 is 76.0 Å². The molecule has 14 rings (SSSR count). The summed E-state index contributed by atoms with van der Waals surface area (Å²) in [5, 5.41) is 15.1. The van der Waals surface area contributed by atoms with E-state index in [9.17, 15) is 4.79 Å². The average molecular weight is 1410 g/mol. The van der Waals surface area contributed by atoms with Crippen LogP contribution in [-0.4, -0.2) is 164 Å². The van der Waals surface area contributed by atoms with Gasteiger partial charge in [0.1, 0.15) is 57.2 Å². The Labute approximate surface area is 593 Å². The first-order chi connectivity index (χ1) is 48.4. The second-order valence-corrected chi connectivity index (χ2v) is 26.3. The number of hydrogen-bond donors (Lipinski definition) is 1. The van der Waals surface area contributed by atoms with Crippen molar-refractivity contribution in [3.05, 3.63) is 101 Å². The van der Waals surface area contributed by atoms with Gasteiger partial charge in [-0.2, -0.15) is 0 Å². The summed E-state index contributed by atoms with van der Waals surface area (Å²) in [7, 11) is 10.1. The molecule has 0 spiro atoms. The maximum absolute atomic E-state index is 13.8. The van der Waals surface area contributed by atoms with E-state index in [2.05, 4.69) is 67.7 Å². The molecule has 538 valence electrons. The van der Waals surface area contributed by atoms with Crippen molar-refractivity contribution >= 4 is 84.5 Å². The van der Waals surface area contributed by atoms with E-state index in [0.717, 1.165) is 187 Å². The first-order valence-corrected chi connectivity index (χ1v) is 34.3. The first-order valence-electron chi connectivity index (χ1n) is 34.3. The molecule has 26 heteroatoms. The Kier molecular flexibility index (Phi) is 23.3. The number of nitrogens with two attached hydrogens (primary N) is 1. The van der Waals surface area contributed by atoms with Gasteiger partial charge in [-0.25, -0.2) is 9.97 Å². The van der Waals surface area contributed by atoms with Gasteiger partial charge >= 0.3 is 0 Å². The monoisotopic (exact) mass is 1400 g/mol. The summed E-state index contributed by atoms with van der Waals surface area (Å²) in [4.78, 5) is 39.9. The van der Waals surface area contributed by atoms with Crippen LogP contribution in [0, 0.1) is 47.5 Å². The second-order valence-electron chi connectivity index (χ2n) is 26.3. The van der Waals surface area contributed by atoms with Gasteiger partial charge in [-0.3, -0.25) is 19.7 Å². The molecule has 1 amide bonds. The summed E-state index contributed by atoms with van der Waals surface area (Å²) in [6.07, 6.45) is 10.6. The lowest BCUT2D eigenvalue weighted by molar-refractivity contribution is -0.125. The fourth-order valence-corrected chi connectivity index (χ4v) is 14.8. The Hall–Kier alpha value is -8.82. The van der Waals surface area contributed by atoms with Crippen LogP contribution >= 0.6 is 12.4 Å². The molecule has 2 N–H and O–H groups in total. The van der Waals surface area contributed by atoms with Crippen molar-refractivity contribution in [2.45, 2.75) is 131 Å². The number of hydrogen-bond acceptors (Lipinski definition) is 22. The maximum Gasteiger partial charge on any atom is 0.230 e. The minimum Gasteiger partial charge on any atom is -0.496 e. The third-order valence-electron chi connectivity index (χ3n) is 19.6. The molecule has 101 heavy (non-hydrogen) atoms. The van der Waals surface area contributed by atoms with Crippen LogP contribution in [0.4, 0.5) is 11.4 Å². The van der Waals surface area contributed by atoms with E-state index in [1.807, 2.05) is 73.0 Å². The SMILES string of the molecule is COC[C@@H](C)N(C(=O)C1CCOCC1)c1c(N)cnc2cc(-c3c(C)noc3C)c(OC)cc12.COC[C@@H](C)n1c(C2CCOCC2)nc2cnc3cc(-c4c(C)noc4C)c(OC)cc3c21.COC[C@@H](C)n1c(C2CCOCC2)nc2cnc3cc(-c4c(C)noc4C)c(OC)cc3c21.Cl. The molecular weight excluding hydrogens is 1310 g/mol. The number of carbonyl (C=O) groups excluding carboxylic acids is 1. The van der Waals surface area contributed by atoms with Crippen molar-refractivity contribution in [1.29, 1.82) is 0 Å². The number of benzene rings is 3. The number of amides is 1. The van der Waals surface area contributed by atoms with Crippen LogP contribution in [0.15, 0.2) is 68.6 Å². The molecule has 3 aliphatic rings. The molecule has 11 aromatic rings. The number of anilines is 2. The zero-order chi connectivity index (χ0) is 70.6. The third-order valence-corrected chi connectivity index (χ3v) is 19.6. The molecule has 3 aliphatic heterocycles. The average Bonchev–Trinajstić information content (AvgIpc) is 1.67. The van der Waals surface area contributed by atoms with Gasteiger partial charge in [0.2, 0.25) is 5.91 Å². The van der Waals surface area contributed by atoms with E-state index in [-0.39, 0.29) is 42.4 Å². The van der Waals surface area contributed by atoms with Crippen molar-refractivity contribution in [1.82, 2.24) is 49.5 Å². The molecule has 8 aromatic heterocycles. The third kappa shape index (κ3) is 14.4. The van der Waals surface area contributed by atoms with Gasteiger partial charge in [0.05, 0.1) is 151 Å². The summed E-state index contributed by atoms with van der Waals surface area (Å²) in [5.41, 5.74) is 21.7. The minimum atomic E-state index is -0.235. The zero-order valence-corrected chi connectivity index (χ0v) is 61.3. The number of fused-ring (bicyclic) bond motifs is 7.